The van der Waals surface area contributed by atoms with Gasteiger partial charge >= 0.3 is 5.92 Å². The SMILES string of the molecule is COc1cccc(/C=C/C(=O)Nc2ccn(Cc3ccc(C(C)(F)F)o3)n2)c1OC. The Bertz CT molecular complexity index is 1050. The first-order valence-corrected chi connectivity index (χ1v) is 9.00. The highest BCUT2D eigenvalue weighted by Crippen LogP contribution is 2.31. The molecule has 1 N–H and O–H groups in total. The van der Waals surface area contributed by atoms with Crippen LogP contribution in [-0.2, 0) is 17.3 Å². The van der Waals surface area contributed by atoms with Crippen LogP contribution in [0.5, 0.6) is 11.5 Å². The number of halogens is 2. The smallest absolute Gasteiger partial charge is 0.301 e. The van der Waals surface area contributed by atoms with Gasteiger partial charge in [0.15, 0.2) is 23.1 Å². The first-order chi connectivity index (χ1) is 14.3. The van der Waals surface area contributed by atoms with E-state index in [9.17, 15) is 13.6 Å². The lowest BCUT2D eigenvalue weighted by atomic mass is 10.1. The molecule has 0 radical (unpaired) electrons. The lowest BCUT2D eigenvalue weighted by Crippen LogP contribution is -2.09. The second kappa shape index (κ2) is 8.81. The third-order valence-electron chi connectivity index (χ3n) is 4.15. The summed E-state index contributed by atoms with van der Waals surface area (Å²) in [6.07, 6.45) is 4.55. The van der Waals surface area contributed by atoms with Gasteiger partial charge in [-0.3, -0.25) is 9.48 Å². The van der Waals surface area contributed by atoms with E-state index in [1.165, 1.54) is 37.1 Å². The molecule has 30 heavy (non-hydrogen) atoms. The predicted molar refractivity (Wildman–Crippen MR) is 107 cm³/mol. The van der Waals surface area contributed by atoms with Gasteiger partial charge in [0.2, 0.25) is 5.91 Å². The molecule has 0 fully saturated rings. The Morgan fingerprint density at radius 3 is 2.70 bits per heavy atom. The Kier molecular flexibility index (Phi) is 6.20. The number of hydrogen-bond acceptors (Lipinski definition) is 5. The van der Waals surface area contributed by atoms with Crippen LogP contribution in [0.3, 0.4) is 0 Å². The third-order valence-corrected chi connectivity index (χ3v) is 4.15. The summed E-state index contributed by atoms with van der Waals surface area (Å²) >= 11 is 0. The normalized spacial score (nSPS) is 11.6. The van der Waals surface area contributed by atoms with Crippen LogP contribution >= 0.6 is 0 Å². The van der Waals surface area contributed by atoms with Crippen molar-refractivity contribution in [3.8, 4) is 11.5 Å². The number of nitrogens with one attached hydrogen (secondary N) is 1. The van der Waals surface area contributed by atoms with Crippen LogP contribution in [0.2, 0.25) is 0 Å². The van der Waals surface area contributed by atoms with Crippen LogP contribution in [0.1, 0.15) is 24.0 Å². The molecule has 7 nitrogen and oxygen atoms in total. The standard InChI is InChI=1S/C21H21F2N3O4/c1-21(22,23)17-9-8-15(30-17)13-26-12-11-18(25-26)24-19(27)10-7-14-5-4-6-16(28-2)20(14)29-3/h4-12H,13H2,1-3H3,(H,24,25,27)/b10-7+. The number of amides is 1. The quantitative estimate of drug-likeness (QED) is 0.553. The van der Waals surface area contributed by atoms with Crippen molar-refractivity contribution in [1.29, 1.82) is 0 Å². The Morgan fingerprint density at radius 2 is 2.03 bits per heavy atom. The first kappa shape index (κ1) is 21.1. The average Bonchev–Trinajstić information content (AvgIpc) is 3.35. The Hall–Kier alpha value is -3.62. The summed E-state index contributed by atoms with van der Waals surface area (Å²) in [5.41, 5.74) is 0.680. The minimum atomic E-state index is -3.04. The van der Waals surface area contributed by atoms with Gasteiger partial charge in [-0.15, -0.1) is 0 Å². The van der Waals surface area contributed by atoms with Crippen LogP contribution in [-0.4, -0.2) is 29.9 Å². The molecule has 158 valence electrons. The highest BCUT2D eigenvalue weighted by atomic mass is 19.3. The number of anilines is 1. The molecule has 0 unspecified atom stereocenters. The molecule has 0 saturated heterocycles. The second-order valence-corrected chi connectivity index (χ2v) is 6.46. The molecular weight excluding hydrogens is 396 g/mol. The number of benzene rings is 1. The van der Waals surface area contributed by atoms with Crippen LogP contribution in [0, 0.1) is 0 Å². The Labute approximate surface area is 171 Å². The van der Waals surface area contributed by atoms with E-state index in [1.807, 2.05) is 0 Å². The molecule has 0 bridgehead atoms. The number of aromatic nitrogens is 2. The van der Waals surface area contributed by atoms with E-state index in [-0.39, 0.29) is 6.54 Å². The maximum absolute atomic E-state index is 13.3. The zero-order valence-electron chi connectivity index (χ0n) is 16.7. The fourth-order valence-electron chi connectivity index (χ4n) is 2.75. The topological polar surface area (TPSA) is 78.5 Å². The number of carbonyl (C=O) groups excluding carboxylic acids is 1. The van der Waals surface area contributed by atoms with Crippen LogP contribution in [0.25, 0.3) is 6.08 Å². The summed E-state index contributed by atoms with van der Waals surface area (Å²) in [5.74, 6) is -2.12. The molecule has 0 atom stereocenters. The number of rotatable bonds is 8. The summed E-state index contributed by atoms with van der Waals surface area (Å²) in [4.78, 5) is 12.2. The Morgan fingerprint density at radius 1 is 1.23 bits per heavy atom. The maximum atomic E-state index is 13.3. The minimum absolute atomic E-state index is 0.156. The number of hydrogen-bond donors (Lipinski definition) is 1. The van der Waals surface area contributed by atoms with Gasteiger partial charge in [-0.2, -0.15) is 13.9 Å². The summed E-state index contributed by atoms with van der Waals surface area (Å²) in [7, 11) is 3.05. The molecule has 0 aliphatic rings. The molecule has 3 rings (SSSR count). The van der Waals surface area contributed by atoms with Crippen molar-refractivity contribution in [1.82, 2.24) is 9.78 Å². The van der Waals surface area contributed by atoms with Crippen molar-refractivity contribution in [2.75, 3.05) is 19.5 Å². The molecule has 0 aliphatic heterocycles. The van der Waals surface area contributed by atoms with Crippen LogP contribution < -0.4 is 14.8 Å². The van der Waals surface area contributed by atoms with Gasteiger partial charge in [0, 0.05) is 30.8 Å². The largest absolute Gasteiger partial charge is 0.493 e. The number of para-hydroxylation sites is 1. The van der Waals surface area contributed by atoms with Crippen LogP contribution in [0.4, 0.5) is 14.6 Å². The number of furan rings is 1. The van der Waals surface area contributed by atoms with Crippen molar-refractivity contribution in [3.05, 3.63) is 65.8 Å². The highest BCUT2D eigenvalue weighted by Gasteiger charge is 2.28. The van der Waals surface area contributed by atoms with E-state index in [1.54, 1.807) is 36.5 Å². The van der Waals surface area contributed by atoms with Gasteiger partial charge in [-0.1, -0.05) is 12.1 Å². The Balaban J connectivity index is 1.63. The molecule has 0 saturated carbocycles. The summed E-state index contributed by atoms with van der Waals surface area (Å²) < 4.78 is 43.7. The monoisotopic (exact) mass is 417 g/mol. The predicted octanol–water partition coefficient (Wildman–Crippen LogP) is 4.31. The number of alkyl halides is 2. The van der Waals surface area contributed by atoms with Gasteiger partial charge in [-0.25, -0.2) is 0 Å². The molecule has 9 heteroatoms. The average molecular weight is 417 g/mol. The minimum Gasteiger partial charge on any atom is -0.493 e. The van der Waals surface area contributed by atoms with E-state index < -0.39 is 17.6 Å². The van der Waals surface area contributed by atoms with Crippen molar-refractivity contribution >= 4 is 17.8 Å². The number of nitrogens with zero attached hydrogens (tertiary/aromatic N) is 2. The highest BCUT2D eigenvalue weighted by molar-refractivity contribution is 6.01. The lowest BCUT2D eigenvalue weighted by Gasteiger charge is -2.09. The van der Waals surface area contributed by atoms with Gasteiger partial charge in [-0.05, 0) is 24.3 Å². The molecule has 0 spiro atoms. The first-order valence-electron chi connectivity index (χ1n) is 9.00. The molecule has 2 heterocycles. The fourth-order valence-corrected chi connectivity index (χ4v) is 2.75. The zero-order valence-corrected chi connectivity index (χ0v) is 16.7. The third kappa shape index (κ3) is 5.05. The van der Waals surface area contributed by atoms with E-state index >= 15 is 0 Å². The molecule has 2 aromatic heterocycles. The van der Waals surface area contributed by atoms with Gasteiger partial charge in [0.1, 0.15) is 5.76 Å². The van der Waals surface area contributed by atoms with Gasteiger partial charge < -0.3 is 19.2 Å². The summed E-state index contributed by atoms with van der Waals surface area (Å²) in [5, 5.41) is 6.83. The summed E-state index contributed by atoms with van der Waals surface area (Å²) in [6.45, 7) is 0.925. The second-order valence-electron chi connectivity index (χ2n) is 6.46. The lowest BCUT2D eigenvalue weighted by molar-refractivity contribution is -0.111. The van der Waals surface area contributed by atoms with E-state index in [2.05, 4.69) is 10.4 Å². The molecule has 0 aliphatic carbocycles. The fraction of sp³-hybridized carbons (Fsp3) is 0.238. The molecule has 1 amide bonds. The van der Waals surface area contributed by atoms with Crippen molar-refractivity contribution in [3.63, 3.8) is 0 Å². The van der Waals surface area contributed by atoms with Gasteiger partial charge in [0.05, 0.1) is 20.8 Å². The maximum Gasteiger partial charge on any atom is 0.301 e. The van der Waals surface area contributed by atoms with E-state index in [0.29, 0.717) is 28.6 Å². The van der Waals surface area contributed by atoms with Crippen molar-refractivity contribution < 1.29 is 27.5 Å². The zero-order chi connectivity index (χ0) is 21.7. The number of ether oxygens (including phenoxy) is 2. The van der Waals surface area contributed by atoms with Crippen molar-refractivity contribution in [2.45, 2.75) is 19.4 Å². The molecular formula is C21H21F2N3O4. The van der Waals surface area contributed by atoms with Crippen LogP contribution in [0.15, 0.2) is 53.1 Å². The van der Waals surface area contributed by atoms with Gasteiger partial charge in [0.25, 0.3) is 0 Å². The molecule has 3 aromatic rings. The molecule has 1 aromatic carbocycles. The number of carbonyl (C=O) groups is 1. The number of methoxy groups -OCH3 is 2. The van der Waals surface area contributed by atoms with E-state index in [0.717, 1.165) is 6.92 Å². The van der Waals surface area contributed by atoms with Crippen molar-refractivity contribution in [2.24, 2.45) is 0 Å². The van der Waals surface area contributed by atoms with E-state index in [4.69, 9.17) is 13.9 Å². The summed E-state index contributed by atoms with van der Waals surface area (Å²) in [6, 6.07) is 9.63.